The van der Waals surface area contributed by atoms with Gasteiger partial charge in [0.15, 0.2) is 17.5 Å². The minimum absolute atomic E-state index is 0.0890. The van der Waals surface area contributed by atoms with E-state index >= 15 is 0 Å². The van der Waals surface area contributed by atoms with Crippen LogP contribution in [0, 0.1) is 13.8 Å². The SMILES string of the molecule is Cc1cc(C)c2c(n1)sc1c2ncn2nc(-c3cnn4c3NC(C)CC4C(F)(F)F)nc12. The molecule has 0 aliphatic carbocycles. The van der Waals surface area contributed by atoms with Gasteiger partial charge in [-0.05, 0) is 38.8 Å². The summed E-state index contributed by atoms with van der Waals surface area (Å²) >= 11 is 1.48. The van der Waals surface area contributed by atoms with Crippen molar-refractivity contribution in [3.8, 4) is 11.4 Å². The number of hydrogen-bond donors (Lipinski definition) is 1. The van der Waals surface area contributed by atoms with Gasteiger partial charge in [0.1, 0.15) is 21.7 Å². The maximum Gasteiger partial charge on any atom is 0.410 e. The Bertz CT molecular complexity index is 1530. The number of halogens is 3. The van der Waals surface area contributed by atoms with Crippen molar-refractivity contribution in [3.63, 3.8) is 0 Å². The Morgan fingerprint density at radius 3 is 2.81 bits per heavy atom. The van der Waals surface area contributed by atoms with Crippen LogP contribution in [0.25, 0.3) is 37.5 Å². The van der Waals surface area contributed by atoms with Gasteiger partial charge in [0.2, 0.25) is 0 Å². The molecule has 0 radical (unpaired) electrons. The Labute approximate surface area is 183 Å². The number of aromatic nitrogens is 7. The summed E-state index contributed by atoms with van der Waals surface area (Å²) in [4.78, 5) is 14.7. The number of nitrogens with zero attached hydrogens (tertiary/aromatic N) is 7. The topological polar surface area (TPSA) is 85.8 Å². The van der Waals surface area contributed by atoms with Gasteiger partial charge >= 0.3 is 6.18 Å². The fraction of sp³-hybridized carbons (Fsp3) is 0.350. The molecule has 0 amide bonds. The molecule has 164 valence electrons. The normalized spacial score (nSPS) is 19.1. The van der Waals surface area contributed by atoms with Crippen LogP contribution >= 0.6 is 11.3 Å². The molecule has 32 heavy (non-hydrogen) atoms. The van der Waals surface area contributed by atoms with Crippen LogP contribution in [0.5, 0.6) is 0 Å². The minimum atomic E-state index is -4.39. The zero-order valence-electron chi connectivity index (χ0n) is 17.3. The summed E-state index contributed by atoms with van der Waals surface area (Å²) in [5, 5.41) is 12.6. The van der Waals surface area contributed by atoms with Gasteiger partial charge in [0, 0.05) is 17.1 Å². The van der Waals surface area contributed by atoms with Crippen molar-refractivity contribution in [2.45, 2.75) is 45.5 Å². The molecule has 5 aromatic rings. The van der Waals surface area contributed by atoms with Crippen LogP contribution in [0.3, 0.4) is 0 Å². The van der Waals surface area contributed by atoms with Crippen LogP contribution in [0.4, 0.5) is 19.0 Å². The van der Waals surface area contributed by atoms with Gasteiger partial charge in [-0.2, -0.15) is 18.3 Å². The minimum Gasteiger partial charge on any atom is -0.367 e. The number of rotatable bonds is 1. The van der Waals surface area contributed by atoms with Crippen molar-refractivity contribution in [2.24, 2.45) is 0 Å². The van der Waals surface area contributed by atoms with Gasteiger partial charge in [-0.15, -0.1) is 16.4 Å². The molecule has 0 bridgehead atoms. The average molecular weight is 458 g/mol. The molecule has 5 aromatic heterocycles. The van der Waals surface area contributed by atoms with Gasteiger partial charge in [0.05, 0.1) is 17.3 Å². The van der Waals surface area contributed by atoms with Gasteiger partial charge in [-0.3, -0.25) is 0 Å². The third-order valence-electron chi connectivity index (χ3n) is 5.76. The molecular weight excluding hydrogens is 441 g/mol. The fourth-order valence-corrected chi connectivity index (χ4v) is 5.61. The summed E-state index contributed by atoms with van der Waals surface area (Å²) in [6.07, 6.45) is -1.52. The summed E-state index contributed by atoms with van der Waals surface area (Å²) in [7, 11) is 0. The first-order valence-electron chi connectivity index (χ1n) is 10.0. The molecule has 0 saturated heterocycles. The number of anilines is 1. The number of pyridine rings is 1. The number of alkyl halides is 3. The Balaban J connectivity index is 1.55. The fourth-order valence-electron chi connectivity index (χ4n) is 4.39. The van der Waals surface area contributed by atoms with E-state index in [9.17, 15) is 13.2 Å². The third kappa shape index (κ3) is 2.71. The number of hydrogen-bond acceptors (Lipinski definition) is 7. The summed E-state index contributed by atoms with van der Waals surface area (Å²) in [5.74, 6) is 0.567. The third-order valence-corrected chi connectivity index (χ3v) is 6.83. The molecule has 0 spiro atoms. The first kappa shape index (κ1) is 19.4. The molecule has 2 unspecified atom stereocenters. The van der Waals surface area contributed by atoms with Crippen molar-refractivity contribution < 1.29 is 13.2 Å². The van der Waals surface area contributed by atoms with Crippen LogP contribution in [0.15, 0.2) is 18.6 Å². The average Bonchev–Trinajstić information content (AvgIpc) is 3.39. The number of aryl methyl sites for hydroxylation is 2. The van der Waals surface area contributed by atoms with Crippen molar-refractivity contribution >= 4 is 43.2 Å². The number of nitrogens with one attached hydrogen (secondary N) is 1. The van der Waals surface area contributed by atoms with Gasteiger partial charge in [0.25, 0.3) is 0 Å². The van der Waals surface area contributed by atoms with E-state index < -0.39 is 12.2 Å². The lowest BCUT2D eigenvalue weighted by atomic mass is 10.1. The molecule has 6 heterocycles. The highest BCUT2D eigenvalue weighted by Crippen LogP contribution is 2.42. The van der Waals surface area contributed by atoms with Crippen molar-refractivity contribution in [2.75, 3.05) is 5.32 Å². The van der Waals surface area contributed by atoms with Crippen molar-refractivity contribution in [3.05, 3.63) is 29.8 Å². The molecule has 8 nitrogen and oxygen atoms in total. The quantitative estimate of drug-likeness (QED) is 0.393. The lowest BCUT2D eigenvalue weighted by Gasteiger charge is -2.31. The lowest BCUT2D eigenvalue weighted by molar-refractivity contribution is -0.173. The molecule has 0 fully saturated rings. The zero-order valence-corrected chi connectivity index (χ0v) is 18.1. The van der Waals surface area contributed by atoms with Crippen LogP contribution in [-0.2, 0) is 0 Å². The van der Waals surface area contributed by atoms with E-state index in [4.69, 9.17) is 0 Å². The van der Waals surface area contributed by atoms with Crippen molar-refractivity contribution in [1.82, 2.24) is 34.3 Å². The lowest BCUT2D eigenvalue weighted by Crippen LogP contribution is -2.38. The van der Waals surface area contributed by atoms with E-state index in [1.54, 1.807) is 17.8 Å². The van der Waals surface area contributed by atoms with E-state index in [0.29, 0.717) is 17.0 Å². The molecule has 6 rings (SSSR count). The highest BCUT2D eigenvalue weighted by Gasteiger charge is 2.46. The zero-order chi connectivity index (χ0) is 22.4. The summed E-state index contributed by atoms with van der Waals surface area (Å²) in [6, 6.07) is -0.0405. The Hall–Kier alpha value is -3.28. The summed E-state index contributed by atoms with van der Waals surface area (Å²) in [5.41, 5.74) is 3.81. The Kier molecular flexibility index (Phi) is 3.87. The van der Waals surface area contributed by atoms with Crippen LogP contribution in [0.2, 0.25) is 0 Å². The predicted molar refractivity (Wildman–Crippen MR) is 115 cm³/mol. The van der Waals surface area contributed by atoms with Crippen LogP contribution in [0.1, 0.15) is 30.6 Å². The van der Waals surface area contributed by atoms with Gasteiger partial charge < -0.3 is 5.32 Å². The summed E-state index contributed by atoms with van der Waals surface area (Å²) < 4.78 is 44.1. The second kappa shape index (κ2) is 6.37. The molecule has 12 heteroatoms. The Morgan fingerprint density at radius 1 is 1.22 bits per heavy atom. The predicted octanol–water partition coefficient (Wildman–Crippen LogP) is 4.68. The monoisotopic (exact) mass is 458 g/mol. The molecule has 0 saturated carbocycles. The molecular formula is C20H17F3N8S. The highest BCUT2D eigenvalue weighted by molar-refractivity contribution is 7.26. The standard InChI is InChI=1S/C20H17F3N8S/c1-8-4-9(2)27-19-13(8)14-15(32-19)18-28-16(29-30(18)7-24-14)11-6-25-31-12(20(21,22)23)5-10(3)26-17(11)31/h4,6-7,10,12,26H,5H2,1-3H3. The second-order valence-corrected chi connectivity index (χ2v) is 9.18. The first-order chi connectivity index (χ1) is 15.2. The number of fused-ring (bicyclic) bond motifs is 6. The van der Waals surface area contributed by atoms with Crippen molar-refractivity contribution in [1.29, 1.82) is 0 Å². The van der Waals surface area contributed by atoms with E-state index in [2.05, 4.69) is 30.5 Å². The van der Waals surface area contributed by atoms with E-state index in [1.807, 2.05) is 19.9 Å². The van der Waals surface area contributed by atoms with E-state index in [-0.39, 0.29) is 18.3 Å². The maximum atomic E-state index is 13.6. The van der Waals surface area contributed by atoms with Crippen LogP contribution in [-0.4, -0.2) is 46.6 Å². The smallest absolute Gasteiger partial charge is 0.367 e. The first-order valence-corrected chi connectivity index (χ1v) is 10.9. The van der Waals surface area contributed by atoms with Gasteiger partial charge in [-0.25, -0.2) is 24.1 Å². The second-order valence-electron chi connectivity index (χ2n) is 8.18. The molecule has 2 atom stereocenters. The largest absolute Gasteiger partial charge is 0.410 e. The Morgan fingerprint density at radius 2 is 2.03 bits per heavy atom. The van der Waals surface area contributed by atoms with E-state index in [0.717, 1.165) is 36.4 Å². The van der Waals surface area contributed by atoms with Gasteiger partial charge in [-0.1, -0.05) is 0 Å². The molecule has 1 aliphatic heterocycles. The number of thiophene rings is 1. The maximum absolute atomic E-state index is 13.6. The molecule has 1 N–H and O–H groups in total. The molecule has 0 aromatic carbocycles. The highest BCUT2D eigenvalue weighted by atomic mass is 32.1. The molecule has 1 aliphatic rings. The van der Waals surface area contributed by atoms with Crippen LogP contribution < -0.4 is 5.32 Å². The summed E-state index contributed by atoms with van der Waals surface area (Å²) in [6.45, 7) is 5.69. The van der Waals surface area contributed by atoms with E-state index in [1.165, 1.54) is 17.5 Å².